The Morgan fingerprint density at radius 3 is 2.79 bits per heavy atom. The van der Waals surface area contributed by atoms with Gasteiger partial charge in [0, 0.05) is 23.8 Å². The molecule has 1 heterocycles. The summed E-state index contributed by atoms with van der Waals surface area (Å²) in [5, 5.41) is 8.06. The van der Waals surface area contributed by atoms with Crippen molar-refractivity contribution in [2.75, 3.05) is 6.54 Å². The first kappa shape index (κ1) is 14.0. The van der Waals surface area contributed by atoms with Gasteiger partial charge in [0.1, 0.15) is 5.82 Å². The molecular formula is C14H17ClFN3. The van der Waals surface area contributed by atoms with E-state index < -0.39 is 0 Å². The van der Waals surface area contributed by atoms with Crippen LogP contribution in [-0.2, 0) is 7.05 Å². The first-order valence-electron chi connectivity index (χ1n) is 6.30. The van der Waals surface area contributed by atoms with Gasteiger partial charge < -0.3 is 5.32 Å². The van der Waals surface area contributed by atoms with E-state index in [4.69, 9.17) is 11.6 Å². The van der Waals surface area contributed by atoms with Crippen LogP contribution in [0.2, 0.25) is 5.02 Å². The van der Waals surface area contributed by atoms with Crippen LogP contribution in [-0.4, -0.2) is 16.3 Å². The minimum absolute atomic E-state index is 0.313. The number of nitrogens with one attached hydrogen (secondary N) is 1. The van der Waals surface area contributed by atoms with E-state index in [1.165, 1.54) is 6.07 Å². The average Bonchev–Trinajstić information content (AvgIpc) is 2.79. The van der Waals surface area contributed by atoms with Crippen LogP contribution in [0.1, 0.15) is 30.6 Å². The molecule has 0 bridgehead atoms. The Morgan fingerprint density at radius 1 is 1.42 bits per heavy atom. The van der Waals surface area contributed by atoms with Gasteiger partial charge in [-0.05, 0) is 31.2 Å². The van der Waals surface area contributed by atoms with Crippen LogP contribution in [0.15, 0.2) is 30.5 Å². The van der Waals surface area contributed by atoms with Crippen molar-refractivity contribution in [2.45, 2.75) is 19.4 Å². The molecule has 2 rings (SSSR count). The third-order valence-corrected chi connectivity index (χ3v) is 3.25. The zero-order chi connectivity index (χ0) is 13.8. The topological polar surface area (TPSA) is 29.9 Å². The quantitative estimate of drug-likeness (QED) is 0.911. The van der Waals surface area contributed by atoms with E-state index in [2.05, 4.69) is 17.3 Å². The molecule has 3 nitrogen and oxygen atoms in total. The number of benzene rings is 1. The van der Waals surface area contributed by atoms with Gasteiger partial charge in [-0.3, -0.25) is 4.68 Å². The fourth-order valence-corrected chi connectivity index (χ4v) is 2.29. The van der Waals surface area contributed by atoms with Crippen molar-refractivity contribution >= 4 is 11.6 Å². The molecule has 1 aromatic carbocycles. The van der Waals surface area contributed by atoms with Gasteiger partial charge in [-0.2, -0.15) is 5.10 Å². The summed E-state index contributed by atoms with van der Waals surface area (Å²) in [5.74, 6) is -0.313. The van der Waals surface area contributed by atoms with Gasteiger partial charge in [0.15, 0.2) is 0 Å². The van der Waals surface area contributed by atoms with E-state index in [9.17, 15) is 4.39 Å². The molecule has 0 saturated heterocycles. The lowest BCUT2D eigenvalue weighted by Gasteiger charge is -2.19. The first-order chi connectivity index (χ1) is 9.13. The van der Waals surface area contributed by atoms with Crippen LogP contribution in [0.25, 0.3) is 0 Å². The summed E-state index contributed by atoms with van der Waals surface area (Å²) in [5.41, 5.74) is 1.22. The van der Waals surface area contributed by atoms with Gasteiger partial charge in [0.25, 0.3) is 0 Å². The molecule has 0 radical (unpaired) electrons. The molecule has 2 aromatic rings. The second-order valence-corrected chi connectivity index (χ2v) is 4.84. The first-order valence-corrected chi connectivity index (χ1v) is 6.68. The minimum Gasteiger partial charge on any atom is -0.305 e. The monoisotopic (exact) mass is 281 g/mol. The van der Waals surface area contributed by atoms with Crippen molar-refractivity contribution < 1.29 is 4.39 Å². The third kappa shape index (κ3) is 3.14. The maximum absolute atomic E-state index is 14.1. The lowest BCUT2D eigenvalue weighted by atomic mass is 10.0. The predicted molar refractivity (Wildman–Crippen MR) is 74.8 cm³/mol. The Kier molecular flexibility index (Phi) is 4.56. The van der Waals surface area contributed by atoms with Crippen molar-refractivity contribution in [3.63, 3.8) is 0 Å². The Labute approximate surface area is 117 Å². The Bertz CT molecular complexity index is 533. The number of hydrogen-bond acceptors (Lipinski definition) is 2. The number of rotatable bonds is 5. The number of aryl methyl sites for hydroxylation is 1. The highest BCUT2D eigenvalue weighted by atomic mass is 35.5. The Morgan fingerprint density at radius 2 is 2.21 bits per heavy atom. The third-order valence-electron chi connectivity index (χ3n) is 2.92. The predicted octanol–water partition coefficient (Wildman–Crippen LogP) is 3.30. The summed E-state index contributed by atoms with van der Waals surface area (Å²) in [6.07, 6.45) is 2.79. The number of halogens is 2. The molecule has 0 aliphatic carbocycles. The highest BCUT2D eigenvalue weighted by Crippen LogP contribution is 2.29. The molecule has 1 N–H and O–H groups in total. The smallest absolute Gasteiger partial charge is 0.129 e. The lowest BCUT2D eigenvalue weighted by Crippen LogP contribution is -2.25. The van der Waals surface area contributed by atoms with Gasteiger partial charge in [0.05, 0.1) is 11.7 Å². The average molecular weight is 282 g/mol. The van der Waals surface area contributed by atoms with E-state index in [0.29, 0.717) is 10.6 Å². The molecule has 0 aliphatic rings. The second-order valence-electron chi connectivity index (χ2n) is 4.44. The summed E-state index contributed by atoms with van der Waals surface area (Å²) in [7, 11) is 1.84. The van der Waals surface area contributed by atoms with Gasteiger partial charge in [-0.15, -0.1) is 0 Å². The number of aromatic nitrogens is 2. The van der Waals surface area contributed by atoms with Crippen LogP contribution >= 0.6 is 11.6 Å². The fourth-order valence-electron chi connectivity index (χ4n) is 2.02. The zero-order valence-corrected chi connectivity index (χ0v) is 11.8. The zero-order valence-electron chi connectivity index (χ0n) is 11.0. The number of nitrogens with zero attached hydrogens (tertiary/aromatic N) is 2. The van der Waals surface area contributed by atoms with Crippen molar-refractivity contribution in [1.29, 1.82) is 0 Å². The van der Waals surface area contributed by atoms with Crippen molar-refractivity contribution in [3.8, 4) is 0 Å². The van der Waals surface area contributed by atoms with Crippen LogP contribution in [0.4, 0.5) is 4.39 Å². The van der Waals surface area contributed by atoms with Crippen molar-refractivity contribution in [1.82, 2.24) is 15.1 Å². The highest BCUT2D eigenvalue weighted by molar-refractivity contribution is 6.31. The molecule has 0 fully saturated rings. The van der Waals surface area contributed by atoms with E-state index in [-0.39, 0.29) is 11.9 Å². The molecule has 5 heteroatoms. The fraction of sp³-hybridized carbons (Fsp3) is 0.357. The van der Waals surface area contributed by atoms with Crippen LogP contribution < -0.4 is 5.32 Å². The normalized spacial score (nSPS) is 12.6. The van der Waals surface area contributed by atoms with Gasteiger partial charge in [0.2, 0.25) is 0 Å². The lowest BCUT2D eigenvalue weighted by molar-refractivity contribution is 0.534. The SMILES string of the molecule is CCCNC(c1ccn(C)n1)c1c(F)cccc1Cl. The molecule has 1 atom stereocenters. The van der Waals surface area contributed by atoms with Gasteiger partial charge in [-0.1, -0.05) is 24.6 Å². The van der Waals surface area contributed by atoms with E-state index in [1.54, 1.807) is 16.8 Å². The molecule has 1 unspecified atom stereocenters. The summed E-state index contributed by atoms with van der Waals surface area (Å²) in [4.78, 5) is 0. The van der Waals surface area contributed by atoms with E-state index in [0.717, 1.165) is 18.7 Å². The van der Waals surface area contributed by atoms with Gasteiger partial charge in [-0.25, -0.2) is 4.39 Å². The molecule has 0 amide bonds. The largest absolute Gasteiger partial charge is 0.305 e. The van der Waals surface area contributed by atoms with Gasteiger partial charge >= 0.3 is 0 Å². The summed E-state index contributed by atoms with van der Waals surface area (Å²) < 4.78 is 15.8. The van der Waals surface area contributed by atoms with E-state index in [1.807, 2.05) is 19.3 Å². The Balaban J connectivity index is 2.42. The highest BCUT2D eigenvalue weighted by Gasteiger charge is 2.22. The maximum Gasteiger partial charge on any atom is 0.129 e. The molecule has 102 valence electrons. The van der Waals surface area contributed by atoms with Crippen molar-refractivity contribution in [3.05, 3.63) is 52.6 Å². The molecular weight excluding hydrogens is 265 g/mol. The maximum atomic E-state index is 14.1. The van der Waals surface area contributed by atoms with Crippen LogP contribution in [0.5, 0.6) is 0 Å². The molecule has 0 saturated carbocycles. The molecule has 0 aliphatic heterocycles. The molecule has 19 heavy (non-hydrogen) atoms. The van der Waals surface area contributed by atoms with Crippen molar-refractivity contribution in [2.24, 2.45) is 7.05 Å². The number of hydrogen-bond donors (Lipinski definition) is 1. The Hall–Kier alpha value is -1.39. The summed E-state index contributed by atoms with van der Waals surface area (Å²) in [6.45, 7) is 2.83. The molecule has 0 spiro atoms. The summed E-state index contributed by atoms with van der Waals surface area (Å²) in [6, 6.07) is 6.27. The molecule has 1 aromatic heterocycles. The standard InChI is InChI=1S/C14H17ClFN3/c1-3-8-17-14(12-7-9-19(2)18-12)13-10(15)5-4-6-11(13)16/h4-7,9,14,17H,3,8H2,1-2H3. The minimum atomic E-state index is -0.324. The van der Waals surface area contributed by atoms with Crippen LogP contribution in [0.3, 0.4) is 0 Å². The van der Waals surface area contributed by atoms with E-state index >= 15 is 0 Å². The second kappa shape index (κ2) is 6.17. The summed E-state index contributed by atoms with van der Waals surface area (Å²) >= 11 is 6.15. The van der Waals surface area contributed by atoms with Crippen LogP contribution in [0, 0.1) is 5.82 Å².